The molecule has 0 aliphatic carbocycles. The minimum absolute atomic E-state index is 0.428. The molecular weight excluding hydrogens is 350 g/mol. The fraction of sp³-hybridized carbons (Fsp3) is 0.348. The number of aliphatic hydroxyl groups excluding tert-OH is 1. The molecule has 2 N–H and O–H groups in total. The summed E-state index contributed by atoms with van der Waals surface area (Å²) in [4.78, 5) is 6.67. The van der Waals surface area contributed by atoms with Crippen LogP contribution in [0.3, 0.4) is 0 Å². The second kappa shape index (κ2) is 8.17. The molecule has 0 saturated carbocycles. The van der Waals surface area contributed by atoms with E-state index in [1.807, 2.05) is 25.4 Å². The standard InChI is InChI=1S/C23H27N3O2/c1-16-6-7-18(12-23(16)28-17(2)27)14-26-11-9-20(15-26)25-22-5-3-4-19-13-24-10-8-21(19)22/h3-8,10,12-13,17,20,25,27H,9,11,14-15H2,1-2H3. The minimum atomic E-state index is -0.801. The highest BCUT2D eigenvalue weighted by atomic mass is 16.6. The number of anilines is 1. The molecule has 4 rings (SSSR count). The Hall–Kier alpha value is -2.63. The van der Waals surface area contributed by atoms with Gasteiger partial charge in [0, 0.05) is 54.5 Å². The Labute approximate surface area is 166 Å². The van der Waals surface area contributed by atoms with Gasteiger partial charge in [-0.2, -0.15) is 0 Å². The van der Waals surface area contributed by atoms with Gasteiger partial charge in [-0.25, -0.2) is 0 Å². The number of fused-ring (bicyclic) bond motifs is 1. The number of benzene rings is 2. The maximum atomic E-state index is 9.51. The van der Waals surface area contributed by atoms with Crippen LogP contribution in [0.2, 0.25) is 0 Å². The van der Waals surface area contributed by atoms with Crippen LogP contribution in [0.15, 0.2) is 54.9 Å². The predicted octanol–water partition coefficient (Wildman–Crippen LogP) is 3.95. The SMILES string of the molecule is Cc1ccc(CN2CCC(Nc3cccc4cnccc34)C2)cc1OC(C)O. The molecule has 2 heterocycles. The van der Waals surface area contributed by atoms with Crippen molar-refractivity contribution in [1.29, 1.82) is 0 Å². The molecule has 2 atom stereocenters. The van der Waals surface area contributed by atoms with Crippen LogP contribution in [0.5, 0.6) is 5.75 Å². The fourth-order valence-corrected chi connectivity index (χ4v) is 3.87. The molecule has 1 fully saturated rings. The molecule has 1 aliphatic heterocycles. The lowest BCUT2D eigenvalue weighted by atomic mass is 10.1. The molecule has 2 unspecified atom stereocenters. The second-order valence-electron chi connectivity index (χ2n) is 7.58. The third-order valence-corrected chi connectivity index (χ3v) is 5.27. The molecule has 0 radical (unpaired) electrons. The molecule has 146 valence electrons. The van der Waals surface area contributed by atoms with Crippen molar-refractivity contribution < 1.29 is 9.84 Å². The number of hydrogen-bond donors (Lipinski definition) is 2. The molecule has 0 amide bonds. The summed E-state index contributed by atoms with van der Waals surface area (Å²) in [5.74, 6) is 0.755. The number of nitrogens with one attached hydrogen (secondary N) is 1. The summed E-state index contributed by atoms with van der Waals surface area (Å²) in [5, 5.41) is 15.6. The van der Waals surface area contributed by atoms with Crippen LogP contribution < -0.4 is 10.1 Å². The van der Waals surface area contributed by atoms with E-state index >= 15 is 0 Å². The van der Waals surface area contributed by atoms with Crippen LogP contribution in [0, 0.1) is 6.92 Å². The van der Waals surface area contributed by atoms with Gasteiger partial charge in [0.05, 0.1) is 0 Å². The van der Waals surface area contributed by atoms with E-state index in [1.165, 1.54) is 16.6 Å². The largest absolute Gasteiger partial charge is 0.465 e. The maximum absolute atomic E-state index is 9.51. The molecule has 28 heavy (non-hydrogen) atoms. The van der Waals surface area contributed by atoms with E-state index in [0.717, 1.165) is 42.8 Å². The van der Waals surface area contributed by atoms with Crippen LogP contribution in [0.1, 0.15) is 24.5 Å². The monoisotopic (exact) mass is 377 g/mol. The first-order valence-corrected chi connectivity index (χ1v) is 9.84. The summed E-state index contributed by atoms with van der Waals surface area (Å²) < 4.78 is 5.51. The van der Waals surface area contributed by atoms with Crippen molar-refractivity contribution in [1.82, 2.24) is 9.88 Å². The third-order valence-electron chi connectivity index (χ3n) is 5.27. The quantitative estimate of drug-likeness (QED) is 0.637. The summed E-state index contributed by atoms with van der Waals surface area (Å²) >= 11 is 0. The Balaban J connectivity index is 1.41. The second-order valence-corrected chi connectivity index (χ2v) is 7.58. The first-order valence-electron chi connectivity index (χ1n) is 9.84. The van der Waals surface area contributed by atoms with Gasteiger partial charge in [0.25, 0.3) is 0 Å². The fourth-order valence-electron chi connectivity index (χ4n) is 3.87. The number of likely N-dealkylation sites (tertiary alicyclic amines) is 1. The number of rotatable bonds is 6. The lowest BCUT2D eigenvalue weighted by Crippen LogP contribution is -2.26. The van der Waals surface area contributed by atoms with E-state index < -0.39 is 6.29 Å². The summed E-state index contributed by atoms with van der Waals surface area (Å²) in [7, 11) is 0. The lowest BCUT2D eigenvalue weighted by molar-refractivity contribution is -0.000880. The molecular formula is C23H27N3O2. The maximum Gasteiger partial charge on any atom is 0.194 e. The van der Waals surface area contributed by atoms with Crippen LogP contribution in [0.25, 0.3) is 10.8 Å². The Morgan fingerprint density at radius 1 is 1.29 bits per heavy atom. The van der Waals surface area contributed by atoms with Gasteiger partial charge in [-0.3, -0.25) is 9.88 Å². The zero-order chi connectivity index (χ0) is 19.5. The first kappa shape index (κ1) is 18.7. The van der Waals surface area contributed by atoms with Gasteiger partial charge in [0.15, 0.2) is 6.29 Å². The molecule has 3 aromatic rings. The molecule has 1 aliphatic rings. The molecule has 1 saturated heterocycles. The number of nitrogens with zero attached hydrogens (tertiary/aromatic N) is 2. The predicted molar refractivity (Wildman–Crippen MR) is 113 cm³/mol. The highest BCUT2D eigenvalue weighted by Crippen LogP contribution is 2.26. The molecule has 1 aromatic heterocycles. The van der Waals surface area contributed by atoms with E-state index in [4.69, 9.17) is 4.74 Å². The van der Waals surface area contributed by atoms with E-state index in [0.29, 0.717) is 6.04 Å². The molecule has 5 heteroatoms. The number of aromatic nitrogens is 1. The van der Waals surface area contributed by atoms with Crippen LogP contribution >= 0.6 is 0 Å². The smallest absolute Gasteiger partial charge is 0.194 e. The highest BCUT2D eigenvalue weighted by Gasteiger charge is 2.23. The topological polar surface area (TPSA) is 57.6 Å². The van der Waals surface area contributed by atoms with Crippen LogP contribution in [-0.2, 0) is 6.54 Å². The Morgan fingerprint density at radius 2 is 2.18 bits per heavy atom. The summed E-state index contributed by atoms with van der Waals surface area (Å²) in [6.45, 7) is 6.57. The Bertz CT molecular complexity index is 952. The van der Waals surface area contributed by atoms with Gasteiger partial charge in [0.1, 0.15) is 5.75 Å². The van der Waals surface area contributed by atoms with Gasteiger partial charge in [0.2, 0.25) is 0 Å². The zero-order valence-corrected chi connectivity index (χ0v) is 16.4. The average molecular weight is 377 g/mol. The highest BCUT2D eigenvalue weighted by molar-refractivity contribution is 5.93. The van der Waals surface area contributed by atoms with Crippen molar-refractivity contribution in [3.8, 4) is 5.75 Å². The number of ether oxygens (including phenoxy) is 1. The van der Waals surface area contributed by atoms with Crippen molar-refractivity contribution in [3.05, 3.63) is 66.0 Å². The van der Waals surface area contributed by atoms with Gasteiger partial charge in [-0.1, -0.05) is 24.3 Å². The van der Waals surface area contributed by atoms with Crippen molar-refractivity contribution >= 4 is 16.5 Å². The van der Waals surface area contributed by atoms with Gasteiger partial charge in [-0.15, -0.1) is 0 Å². The van der Waals surface area contributed by atoms with E-state index in [9.17, 15) is 5.11 Å². The molecule has 2 aromatic carbocycles. The van der Waals surface area contributed by atoms with Gasteiger partial charge < -0.3 is 15.2 Å². The van der Waals surface area contributed by atoms with Crippen molar-refractivity contribution in [3.63, 3.8) is 0 Å². The van der Waals surface area contributed by atoms with Crippen molar-refractivity contribution in [2.24, 2.45) is 0 Å². The van der Waals surface area contributed by atoms with E-state index in [1.54, 1.807) is 6.92 Å². The molecule has 0 bridgehead atoms. The molecule has 5 nitrogen and oxygen atoms in total. The zero-order valence-electron chi connectivity index (χ0n) is 16.4. The van der Waals surface area contributed by atoms with Crippen LogP contribution in [0.4, 0.5) is 5.69 Å². The van der Waals surface area contributed by atoms with Gasteiger partial charge in [-0.05, 0) is 49.6 Å². The summed E-state index contributed by atoms with van der Waals surface area (Å²) in [5.41, 5.74) is 3.42. The van der Waals surface area contributed by atoms with E-state index in [2.05, 4.69) is 51.6 Å². The van der Waals surface area contributed by atoms with E-state index in [-0.39, 0.29) is 0 Å². The number of aliphatic hydroxyl groups is 1. The minimum Gasteiger partial charge on any atom is -0.465 e. The van der Waals surface area contributed by atoms with Crippen molar-refractivity contribution in [2.45, 2.75) is 39.1 Å². The van der Waals surface area contributed by atoms with Crippen molar-refractivity contribution in [2.75, 3.05) is 18.4 Å². The lowest BCUT2D eigenvalue weighted by Gasteiger charge is -2.19. The number of aryl methyl sites for hydroxylation is 1. The van der Waals surface area contributed by atoms with Gasteiger partial charge >= 0.3 is 0 Å². The number of hydrogen-bond acceptors (Lipinski definition) is 5. The summed E-state index contributed by atoms with van der Waals surface area (Å²) in [6.07, 6.45) is 4.07. The molecule has 0 spiro atoms. The first-order chi connectivity index (χ1) is 13.6. The Morgan fingerprint density at radius 3 is 3.04 bits per heavy atom. The summed E-state index contributed by atoms with van der Waals surface area (Å²) in [6, 6.07) is 15.1. The average Bonchev–Trinajstić information content (AvgIpc) is 3.11. The Kier molecular flexibility index (Phi) is 5.46. The normalized spacial score (nSPS) is 18.3. The third kappa shape index (κ3) is 4.26. The number of pyridine rings is 1. The van der Waals surface area contributed by atoms with Crippen LogP contribution in [-0.4, -0.2) is 40.4 Å².